The molecule has 4 heteroatoms. The molecule has 0 saturated heterocycles. The van der Waals surface area contributed by atoms with Gasteiger partial charge in [0, 0.05) is 19.5 Å². The van der Waals surface area contributed by atoms with E-state index in [0.29, 0.717) is 19.5 Å². The van der Waals surface area contributed by atoms with Crippen molar-refractivity contribution in [2.24, 2.45) is 0 Å². The van der Waals surface area contributed by atoms with Gasteiger partial charge in [0.2, 0.25) is 5.91 Å². The SMILES string of the molecule is CCC(=O)N(CCc1ccccc1OC)Cc1ccc(OC)cc1. The molecule has 2 aromatic carbocycles. The lowest BCUT2D eigenvalue weighted by Gasteiger charge is -2.23. The van der Waals surface area contributed by atoms with Gasteiger partial charge in [0.25, 0.3) is 0 Å². The molecule has 2 rings (SSSR count). The first kappa shape index (κ1) is 17.9. The van der Waals surface area contributed by atoms with E-state index in [-0.39, 0.29) is 5.91 Å². The Hall–Kier alpha value is -2.49. The highest BCUT2D eigenvalue weighted by Gasteiger charge is 2.13. The Balaban J connectivity index is 2.06. The van der Waals surface area contributed by atoms with E-state index in [9.17, 15) is 4.79 Å². The number of carbonyl (C=O) groups excluding carboxylic acids is 1. The van der Waals surface area contributed by atoms with E-state index < -0.39 is 0 Å². The zero-order chi connectivity index (χ0) is 17.4. The molecule has 2 aromatic rings. The second kappa shape index (κ2) is 8.96. The lowest BCUT2D eigenvalue weighted by molar-refractivity contribution is -0.131. The van der Waals surface area contributed by atoms with Crippen molar-refractivity contribution in [2.75, 3.05) is 20.8 Å². The van der Waals surface area contributed by atoms with E-state index in [1.807, 2.05) is 60.4 Å². The first-order chi connectivity index (χ1) is 11.7. The zero-order valence-corrected chi connectivity index (χ0v) is 14.6. The van der Waals surface area contributed by atoms with Crippen molar-refractivity contribution < 1.29 is 14.3 Å². The number of carbonyl (C=O) groups is 1. The summed E-state index contributed by atoms with van der Waals surface area (Å²) in [5.41, 5.74) is 2.21. The number of ether oxygens (including phenoxy) is 2. The Bertz CT molecular complexity index is 652. The van der Waals surface area contributed by atoms with Gasteiger partial charge in [0.05, 0.1) is 14.2 Å². The van der Waals surface area contributed by atoms with Gasteiger partial charge in [0.15, 0.2) is 0 Å². The molecular weight excluding hydrogens is 302 g/mol. The van der Waals surface area contributed by atoms with Crippen LogP contribution in [0.4, 0.5) is 0 Å². The maximum Gasteiger partial charge on any atom is 0.222 e. The van der Waals surface area contributed by atoms with Crippen molar-refractivity contribution >= 4 is 5.91 Å². The van der Waals surface area contributed by atoms with Gasteiger partial charge in [0.1, 0.15) is 11.5 Å². The van der Waals surface area contributed by atoms with E-state index in [2.05, 4.69) is 0 Å². The van der Waals surface area contributed by atoms with E-state index in [1.54, 1.807) is 14.2 Å². The Labute approximate surface area is 144 Å². The maximum absolute atomic E-state index is 12.3. The smallest absolute Gasteiger partial charge is 0.222 e. The predicted octanol–water partition coefficient (Wildman–Crippen LogP) is 3.69. The Morgan fingerprint density at radius 1 is 1.00 bits per heavy atom. The van der Waals surface area contributed by atoms with E-state index in [4.69, 9.17) is 9.47 Å². The second-order valence-electron chi connectivity index (χ2n) is 5.58. The first-order valence-corrected chi connectivity index (χ1v) is 8.20. The van der Waals surface area contributed by atoms with Gasteiger partial charge in [-0.3, -0.25) is 4.79 Å². The average Bonchev–Trinajstić information content (AvgIpc) is 2.65. The van der Waals surface area contributed by atoms with Crippen molar-refractivity contribution in [3.8, 4) is 11.5 Å². The van der Waals surface area contributed by atoms with Crippen LogP contribution in [-0.2, 0) is 17.8 Å². The minimum absolute atomic E-state index is 0.153. The summed E-state index contributed by atoms with van der Waals surface area (Å²) in [5, 5.41) is 0. The predicted molar refractivity (Wildman–Crippen MR) is 95.4 cm³/mol. The summed E-state index contributed by atoms with van der Waals surface area (Å²) in [4.78, 5) is 14.2. The van der Waals surface area contributed by atoms with E-state index in [0.717, 1.165) is 29.0 Å². The molecule has 0 N–H and O–H groups in total. The highest BCUT2D eigenvalue weighted by molar-refractivity contribution is 5.75. The quantitative estimate of drug-likeness (QED) is 0.742. The fraction of sp³-hybridized carbons (Fsp3) is 0.350. The van der Waals surface area contributed by atoms with Crippen molar-refractivity contribution in [3.63, 3.8) is 0 Å². The number of nitrogens with zero attached hydrogens (tertiary/aromatic N) is 1. The van der Waals surface area contributed by atoms with Crippen LogP contribution in [0.1, 0.15) is 24.5 Å². The van der Waals surface area contributed by atoms with Gasteiger partial charge < -0.3 is 14.4 Å². The average molecular weight is 327 g/mol. The summed E-state index contributed by atoms with van der Waals surface area (Å²) in [6.07, 6.45) is 1.27. The van der Waals surface area contributed by atoms with Crippen molar-refractivity contribution in [1.29, 1.82) is 0 Å². The third-order valence-electron chi connectivity index (χ3n) is 4.03. The van der Waals surface area contributed by atoms with Crippen LogP contribution in [0, 0.1) is 0 Å². The molecule has 0 fully saturated rings. The molecule has 0 atom stereocenters. The molecule has 4 nitrogen and oxygen atoms in total. The second-order valence-corrected chi connectivity index (χ2v) is 5.58. The molecule has 0 spiro atoms. The fourth-order valence-electron chi connectivity index (χ4n) is 2.63. The largest absolute Gasteiger partial charge is 0.497 e. The Kier molecular flexibility index (Phi) is 6.67. The number of hydrogen-bond acceptors (Lipinski definition) is 3. The van der Waals surface area contributed by atoms with Crippen LogP contribution >= 0.6 is 0 Å². The molecule has 0 unspecified atom stereocenters. The molecule has 0 radical (unpaired) electrons. The van der Waals surface area contributed by atoms with Crippen molar-refractivity contribution in [3.05, 3.63) is 59.7 Å². The van der Waals surface area contributed by atoms with Gasteiger partial charge in [-0.25, -0.2) is 0 Å². The Morgan fingerprint density at radius 3 is 2.33 bits per heavy atom. The molecule has 128 valence electrons. The van der Waals surface area contributed by atoms with Crippen LogP contribution in [0.2, 0.25) is 0 Å². The number of para-hydroxylation sites is 1. The topological polar surface area (TPSA) is 38.8 Å². The molecular formula is C20H25NO3. The summed E-state index contributed by atoms with van der Waals surface area (Å²) in [6.45, 7) is 3.16. The number of hydrogen-bond donors (Lipinski definition) is 0. The Morgan fingerprint density at radius 2 is 1.71 bits per heavy atom. The number of benzene rings is 2. The highest BCUT2D eigenvalue weighted by atomic mass is 16.5. The maximum atomic E-state index is 12.3. The highest BCUT2D eigenvalue weighted by Crippen LogP contribution is 2.19. The monoisotopic (exact) mass is 327 g/mol. The van der Waals surface area contributed by atoms with Gasteiger partial charge >= 0.3 is 0 Å². The molecule has 0 bridgehead atoms. The normalized spacial score (nSPS) is 10.3. The number of rotatable bonds is 8. The fourth-order valence-corrected chi connectivity index (χ4v) is 2.63. The van der Waals surface area contributed by atoms with Crippen LogP contribution in [0.15, 0.2) is 48.5 Å². The minimum Gasteiger partial charge on any atom is -0.497 e. The van der Waals surface area contributed by atoms with Crippen LogP contribution < -0.4 is 9.47 Å². The van der Waals surface area contributed by atoms with Gasteiger partial charge in [-0.1, -0.05) is 37.3 Å². The summed E-state index contributed by atoms with van der Waals surface area (Å²) in [5.74, 6) is 1.84. The summed E-state index contributed by atoms with van der Waals surface area (Å²) < 4.78 is 10.6. The number of amides is 1. The van der Waals surface area contributed by atoms with Crippen LogP contribution in [0.3, 0.4) is 0 Å². The lowest BCUT2D eigenvalue weighted by atomic mass is 10.1. The van der Waals surface area contributed by atoms with E-state index >= 15 is 0 Å². The molecule has 24 heavy (non-hydrogen) atoms. The summed E-state index contributed by atoms with van der Waals surface area (Å²) in [6, 6.07) is 15.8. The summed E-state index contributed by atoms with van der Waals surface area (Å²) >= 11 is 0. The van der Waals surface area contributed by atoms with Crippen molar-refractivity contribution in [2.45, 2.75) is 26.3 Å². The lowest BCUT2D eigenvalue weighted by Crippen LogP contribution is -2.31. The number of methoxy groups -OCH3 is 2. The first-order valence-electron chi connectivity index (χ1n) is 8.20. The third kappa shape index (κ3) is 4.75. The van der Waals surface area contributed by atoms with Crippen LogP contribution in [-0.4, -0.2) is 31.6 Å². The molecule has 0 saturated carbocycles. The minimum atomic E-state index is 0.153. The molecule has 0 aliphatic carbocycles. The van der Waals surface area contributed by atoms with E-state index in [1.165, 1.54) is 0 Å². The van der Waals surface area contributed by atoms with Crippen molar-refractivity contribution in [1.82, 2.24) is 4.90 Å². The van der Waals surface area contributed by atoms with Gasteiger partial charge in [-0.2, -0.15) is 0 Å². The van der Waals surface area contributed by atoms with Crippen LogP contribution in [0.5, 0.6) is 11.5 Å². The van der Waals surface area contributed by atoms with Gasteiger partial charge in [-0.15, -0.1) is 0 Å². The zero-order valence-electron chi connectivity index (χ0n) is 14.6. The van der Waals surface area contributed by atoms with Crippen LogP contribution in [0.25, 0.3) is 0 Å². The van der Waals surface area contributed by atoms with Gasteiger partial charge in [-0.05, 0) is 35.7 Å². The summed E-state index contributed by atoms with van der Waals surface area (Å²) in [7, 11) is 3.32. The third-order valence-corrected chi connectivity index (χ3v) is 4.03. The molecule has 0 aliphatic heterocycles. The standard InChI is InChI=1S/C20H25NO3/c1-4-20(22)21(15-16-9-11-18(23-2)12-10-16)14-13-17-7-5-6-8-19(17)24-3/h5-12H,4,13-15H2,1-3H3. The molecule has 1 amide bonds. The molecule has 0 aliphatic rings. The molecule has 0 aromatic heterocycles. The molecule has 0 heterocycles.